The molecule has 3 aliphatic heterocycles. The summed E-state index contributed by atoms with van der Waals surface area (Å²) in [7, 11) is 0. The number of carbonyl (C=O) groups is 3. The molecule has 8 nitrogen and oxygen atoms in total. The van der Waals surface area contributed by atoms with Gasteiger partial charge in [0.25, 0.3) is 0 Å². The molecule has 3 amide bonds. The van der Waals surface area contributed by atoms with Crippen LogP contribution in [0.15, 0.2) is 0 Å². The zero-order valence-corrected chi connectivity index (χ0v) is 21.2. The molecule has 32 heavy (non-hydrogen) atoms. The number of carbonyl (C=O) groups excluding carboxylic acids is 3. The van der Waals surface area contributed by atoms with Crippen LogP contribution in [0.3, 0.4) is 0 Å². The van der Waals surface area contributed by atoms with E-state index in [2.05, 4.69) is 26.6 Å². The normalized spacial score (nSPS) is 33.5. The number of nitrogens with zero attached hydrogens (tertiary/aromatic N) is 1. The molecule has 0 aliphatic carbocycles. The van der Waals surface area contributed by atoms with Crippen LogP contribution in [0.2, 0.25) is 0 Å². The molecule has 3 unspecified atom stereocenters. The Hall–Kier alpha value is -1.19. The number of fused-ring (bicyclic) bond motifs is 1. The number of nitrogens with one attached hydrogen (secondary N) is 2. The highest BCUT2D eigenvalue weighted by Crippen LogP contribution is 2.60. The van der Waals surface area contributed by atoms with Crippen molar-refractivity contribution < 1.29 is 24.2 Å². The first-order valence-corrected chi connectivity index (χ1v) is 12.8. The van der Waals surface area contributed by atoms with E-state index in [4.69, 9.17) is 9.84 Å². The van der Waals surface area contributed by atoms with E-state index >= 15 is 0 Å². The van der Waals surface area contributed by atoms with Crippen molar-refractivity contribution in [2.45, 2.75) is 94.3 Å². The summed E-state index contributed by atoms with van der Waals surface area (Å²) in [5, 5.41) is 15.0. The molecule has 6 atom stereocenters. The minimum Gasteiger partial charge on any atom is -0.396 e. The summed E-state index contributed by atoms with van der Waals surface area (Å²) in [6.07, 6.45) is 4.11. The molecule has 3 aliphatic rings. The second-order valence-corrected chi connectivity index (χ2v) is 11.5. The second kappa shape index (κ2) is 9.97. The molecule has 3 heterocycles. The van der Waals surface area contributed by atoms with Gasteiger partial charge in [0.05, 0.1) is 17.9 Å². The van der Waals surface area contributed by atoms with E-state index < -0.39 is 35.1 Å². The molecule has 1 spiro atoms. The molecule has 2 bridgehead atoms. The first-order chi connectivity index (χ1) is 15.1. The van der Waals surface area contributed by atoms with Gasteiger partial charge < -0.3 is 25.4 Å². The van der Waals surface area contributed by atoms with Crippen molar-refractivity contribution in [3.63, 3.8) is 0 Å². The van der Waals surface area contributed by atoms with E-state index in [9.17, 15) is 14.4 Å². The first kappa shape index (κ1) is 25.4. The van der Waals surface area contributed by atoms with Crippen molar-refractivity contribution in [3.05, 3.63) is 0 Å². The highest BCUT2D eigenvalue weighted by Gasteiger charge is 2.76. The minimum atomic E-state index is -0.995. The van der Waals surface area contributed by atoms with Gasteiger partial charge in [0, 0.05) is 30.1 Å². The van der Waals surface area contributed by atoms with Gasteiger partial charge in [0.2, 0.25) is 17.7 Å². The summed E-state index contributed by atoms with van der Waals surface area (Å²) in [6, 6.07) is -0.758. The van der Waals surface area contributed by atoms with Gasteiger partial charge in [0.15, 0.2) is 0 Å². The lowest BCUT2D eigenvalue weighted by atomic mass is 9.70. The molecule has 0 aromatic rings. The Morgan fingerprint density at radius 1 is 1.22 bits per heavy atom. The number of likely N-dealkylation sites (tertiary alicyclic amines) is 1. The largest absolute Gasteiger partial charge is 0.396 e. The van der Waals surface area contributed by atoms with Crippen molar-refractivity contribution in [1.29, 1.82) is 0 Å². The van der Waals surface area contributed by atoms with E-state index in [1.54, 1.807) is 4.90 Å². The van der Waals surface area contributed by atoms with Gasteiger partial charge in [-0.2, -0.15) is 0 Å². The summed E-state index contributed by atoms with van der Waals surface area (Å²) in [6.45, 7) is 8.87. The Morgan fingerprint density at radius 2 is 1.91 bits per heavy atom. The van der Waals surface area contributed by atoms with E-state index in [1.165, 1.54) is 0 Å². The number of halogens is 1. The molecular formula is C23H38BrN3O5. The van der Waals surface area contributed by atoms with Crippen LogP contribution in [0.5, 0.6) is 0 Å². The van der Waals surface area contributed by atoms with Crippen LogP contribution < -0.4 is 10.6 Å². The number of alkyl halides is 1. The standard InChI is InChI=1S/C23H38BrN3O5/c1-5-10-25-19(29)15-16-21(31)27(11-8-6-7-9-12-28)18(20(30)26-22(2,3)4)23(16)13-14(24)17(15)32-23/h14-18,28H,5-13H2,1-4H3,(H,25,29)(H,26,30)/t14?,15-,16+,17-,18?,23?/m1/s1. The van der Waals surface area contributed by atoms with Crippen LogP contribution >= 0.6 is 15.9 Å². The van der Waals surface area contributed by atoms with Gasteiger partial charge in [-0.05, 0) is 46.5 Å². The van der Waals surface area contributed by atoms with Gasteiger partial charge in [-0.1, -0.05) is 35.7 Å². The lowest BCUT2D eigenvalue weighted by Gasteiger charge is -2.36. The van der Waals surface area contributed by atoms with Gasteiger partial charge in [-0.15, -0.1) is 0 Å². The molecule has 3 fully saturated rings. The van der Waals surface area contributed by atoms with Crippen LogP contribution in [0.25, 0.3) is 0 Å². The number of hydrogen-bond donors (Lipinski definition) is 3. The number of aliphatic hydroxyl groups is 1. The number of ether oxygens (including phenoxy) is 1. The van der Waals surface area contributed by atoms with Gasteiger partial charge in [-0.25, -0.2) is 0 Å². The Morgan fingerprint density at radius 3 is 2.53 bits per heavy atom. The van der Waals surface area contributed by atoms with Crippen LogP contribution in [0.4, 0.5) is 0 Å². The third-order valence-electron chi connectivity index (χ3n) is 6.69. The summed E-state index contributed by atoms with van der Waals surface area (Å²) < 4.78 is 6.44. The fourth-order valence-corrected chi connectivity index (χ4v) is 6.46. The van der Waals surface area contributed by atoms with Crippen molar-refractivity contribution in [3.8, 4) is 0 Å². The fraction of sp³-hybridized carbons (Fsp3) is 0.870. The maximum atomic E-state index is 13.7. The van der Waals surface area contributed by atoms with Gasteiger partial charge in [-0.3, -0.25) is 14.4 Å². The highest BCUT2D eigenvalue weighted by molar-refractivity contribution is 9.09. The molecule has 3 N–H and O–H groups in total. The van der Waals surface area contributed by atoms with Crippen LogP contribution in [-0.4, -0.2) is 75.5 Å². The van der Waals surface area contributed by atoms with Crippen molar-refractivity contribution >= 4 is 33.7 Å². The summed E-state index contributed by atoms with van der Waals surface area (Å²) >= 11 is 3.67. The zero-order valence-electron chi connectivity index (χ0n) is 19.7. The van der Waals surface area contributed by atoms with Crippen LogP contribution in [0, 0.1) is 11.8 Å². The molecular weight excluding hydrogens is 478 g/mol. The van der Waals surface area contributed by atoms with Gasteiger partial charge in [0.1, 0.15) is 11.6 Å². The van der Waals surface area contributed by atoms with E-state index in [-0.39, 0.29) is 29.2 Å². The average Bonchev–Trinajstić information content (AvgIpc) is 3.28. The average molecular weight is 516 g/mol. The number of hydrogen-bond acceptors (Lipinski definition) is 5. The van der Waals surface area contributed by atoms with E-state index in [1.807, 2.05) is 27.7 Å². The fourth-order valence-electron chi connectivity index (χ4n) is 5.52. The van der Waals surface area contributed by atoms with Gasteiger partial charge >= 0.3 is 0 Å². The Kier molecular flexibility index (Phi) is 7.93. The third kappa shape index (κ3) is 4.71. The topological polar surface area (TPSA) is 108 Å². The van der Waals surface area contributed by atoms with Crippen molar-refractivity contribution in [1.82, 2.24) is 15.5 Å². The third-order valence-corrected chi connectivity index (χ3v) is 7.54. The molecule has 182 valence electrons. The Labute approximate surface area is 199 Å². The minimum absolute atomic E-state index is 0.0848. The Bertz CT molecular complexity index is 727. The summed E-state index contributed by atoms with van der Waals surface area (Å²) in [5.74, 6) is -1.79. The molecule has 0 aromatic carbocycles. The van der Waals surface area contributed by atoms with E-state index in [0.29, 0.717) is 19.5 Å². The first-order valence-electron chi connectivity index (χ1n) is 11.9. The van der Waals surface area contributed by atoms with E-state index in [0.717, 1.165) is 32.1 Å². The quantitative estimate of drug-likeness (QED) is 0.303. The molecule has 9 heteroatoms. The number of aliphatic hydroxyl groups excluding tert-OH is 1. The SMILES string of the molecule is CCCNC(=O)[C@H]1[C@@H]2OC3(CC2Br)C(C(=O)NC(C)(C)C)N(CCCCCCO)C(=O)[C@H]13. The second-order valence-electron chi connectivity index (χ2n) is 10.4. The highest BCUT2D eigenvalue weighted by atomic mass is 79.9. The smallest absolute Gasteiger partial charge is 0.246 e. The number of unbranched alkanes of at least 4 members (excludes halogenated alkanes) is 3. The molecule has 0 aromatic heterocycles. The monoisotopic (exact) mass is 515 g/mol. The predicted octanol–water partition coefficient (Wildman–Crippen LogP) is 1.73. The maximum absolute atomic E-state index is 13.7. The molecule has 3 rings (SSSR count). The summed E-state index contributed by atoms with van der Waals surface area (Å²) in [4.78, 5) is 41.8. The predicted molar refractivity (Wildman–Crippen MR) is 124 cm³/mol. The van der Waals surface area contributed by atoms with Crippen molar-refractivity contribution in [2.24, 2.45) is 11.8 Å². The van der Waals surface area contributed by atoms with Crippen LogP contribution in [-0.2, 0) is 19.1 Å². The maximum Gasteiger partial charge on any atom is 0.246 e. The van der Waals surface area contributed by atoms with Crippen LogP contribution in [0.1, 0.15) is 66.2 Å². The molecule has 3 saturated heterocycles. The Balaban J connectivity index is 1.90. The molecule has 0 saturated carbocycles. The number of rotatable bonds is 10. The van der Waals surface area contributed by atoms with Crippen molar-refractivity contribution in [2.75, 3.05) is 19.7 Å². The number of amides is 3. The summed E-state index contributed by atoms with van der Waals surface area (Å²) in [5.41, 5.74) is -1.45. The lowest BCUT2D eigenvalue weighted by Crippen LogP contribution is -2.58. The zero-order chi connectivity index (χ0) is 23.7. The lowest BCUT2D eigenvalue weighted by molar-refractivity contribution is -0.142. The molecule has 0 radical (unpaired) electrons.